The first-order valence-electron chi connectivity index (χ1n) is 11.3. The fourth-order valence-electron chi connectivity index (χ4n) is 4.11. The van der Waals surface area contributed by atoms with Crippen LogP contribution in [0.1, 0.15) is 48.2 Å². The average molecular weight is 453 g/mol. The van der Waals surface area contributed by atoms with Crippen molar-refractivity contribution in [2.75, 3.05) is 41.5 Å². The molecule has 0 radical (unpaired) electrons. The maximum absolute atomic E-state index is 11.6. The van der Waals surface area contributed by atoms with Gasteiger partial charge in [0.1, 0.15) is 0 Å². The van der Waals surface area contributed by atoms with Gasteiger partial charge in [-0.3, -0.25) is 0 Å². The van der Waals surface area contributed by atoms with Crippen LogP contribution in [0.15, 0.2) is 42.5 Å². The van der Waals surface area contributed by atoms with Crippen molar-refractivity contribution < 1.29 is 19.0 Å². The maximum Gasteiger partial charge on any atom is 0.337 e. The molecule has 0 heterocycles. The van der Waals surface area contributed by atoms with Gasteiger partial charge in [0.05, 0.1) is 38.4 Å². The van der Waals surface area contributed by atoms with Crippen LogP contribution in [0.2, 0.25) is 0 Å². The van der Waals surface area contributed by atoms with Gasteiger partial charge in [0.15, 0.2) is 11.5 Å². The number of carbonyl (C=O) groups excluding carboxylic acids is 1. The number of esters is 1. The molecule has 0 amide bonds. The molecule has 0 aromatic heterocycles. The summed E-state index contributed by atoms with van der Waals surface area (Å²) in [5, 5.41) is 10.2. The summed E-state index contributed by atoms with van der Waals surface area (Å²) in [4.78, 5) is 13.8. The fraction of sp³-hybridized carbons (Fsp3) is 0.481. The number of carbonyl (C=O) groups is 1. The molecule has 6 nitrogen and oxygen atoms in total. The van der Waals surface area contributed by atoms with E-state index in [1.165, 1.54) is 12.7 Å². The summed E-state index contributed by atoms with van der Waals surface area (Å²) in [6, 6.07) is 15.9. The molecule has 0 bridgehead atoms. The van der Waals surface area contributed by atoms with Crippen molar-refractivity contribution in [2.24, 2.45) is 5.92 Å². The predicted molar refractivity (Wildman–Crippen MR) is 130 cm³/mol. The molecule has 0 saturated carbocycles. The summed E-state index contributed by atoms with van der Waals surface area (Å²) >= 11 is 0. The summed E-state index contributed by atoms with van der Waals surface area (Å²) in [5.41, 5.74) is 2.11. The van der Waals surface area contributed by atoms with Gasteiger partial charge in [0, 0.05) is 6.54 Å². The fourth-order valence-corrected chi connectivity index (χ4v) is 4.11. The van der Waals surface area contributed by atoms with Crippen LogP contribution in [0.4, 0.5) is 0 Å². The third-order valence-corrected chi connectivity index (χ3v) is 6.35. The van der Waals surface area contributed by atoms with E-state index in [4.69, 9.17) is 14.2 Å². The van der Waals surface area contributed by atoms with E-state index >= 15 is 0 Å². The lowest BCUT2D eigenvalue weighted by molar-refractivity contribution is 0.0600. The second kappa shape index (κ2) is 12.3. The molecule has 1 atom stereocenters. The van der Waals surface area contributed by atoms with E-state index in [9.17, 15) is 10.1 Å². The number of ether oxygens (including phenoxy) is 3. The van der Waals surface area contributed by atoms with Crippen LogP contribution in [-0.2, 0) is 16.6 Å². The van der Waals surface area contributed by atoms with Gasteiger partial charge >= 0.3 is 5.97 Å². The highest BCUT2D eigenvalue weighted by molar-refractivity contribution is 5.89. The molecule has 1 unspecified atom stereocenters. The molecule has 0 spiro atoms. The normalized spacial score (nSPS) is 12.8. The van der Waals surface area contributed by atoms with E-state index in [-0.39, 0.29) is 11.9 Å². The Balaban J connectivity index is 1.99. The lowest BCUT2D eigenvalue weighted by atomic mass is 9.69. The van der Waals surface area contributed by atoms with Crippen molar-refractivity contribution in [1.82, 2.24) is 4.90 Å². The van der Waals surface area contributed by atoms with Gasteiger partial charge in [-0.2, -0.15) is 5.26 Å². The van der Waals surface area contributed by atoms with Gasteiger partial charge in [-0.15, -0.1) is 0 Å². The number of rotatable bonds is 12. The minimum absolute atomic E-state index is 0.152. The Kier molecular flexibility index (Phi) is 9.74. The van der Waals surface area contributed by atoms with E-state index in [0.29, 0.717) is 17.1 Å². The molecule has 178 valence electrons. The third kappa shape index (κ3) is 6.49. The van der Waals surface area contributed by atoms with Crippen LogP contribution in [0.25, 0.3) is 0 Å². The van der Waals surface area contributed by atoms with Crippen molar-refractivity contribution in [3.8, 4) is 17.6 Å². The smallest absolute Gasteiger partial charge is 0.337 e. The number of likely N-dealkylation sites (N-methyl/N-ethyl adjacent to an activating group) is 1. The zero-order chi connectivity index (χ0) is 24.4. The van der Waals surface area contributed by atoms with E-state index in [1.54, 1.807) is 26.4 Å². The van der Waals surface area contributed by atoms with Gasteiger partial charge in [0.25, 0.3) is 0 Å². The quantitative estimate of drug-likeness (QED) is 0.428. The zero-order valence-electron chi connectivity index (χ0n) is 20.7. The minimum Gasteiger partial charge on any atom is -0.493 e. The Morgan fingerprint density at radius 3 is 2.24 bits per heavy atom. The van der Waals surface area contributed by atoms with Gasteiger partial charge in [-0.05, 0) is 74.2 Å². The number of hydrogen-bond acceptors (Lipinski definition) is 6. The second-order valence-electron chi connectivity index (χ2n) is 8.65. The van der Waals surface area contributed by atoms with Gasteiger partial charge < -0.3 is 19.1 Å². The van der Waals surface area contributed by atoms with E-state index in [1.807, 2.05) is 30.3 Å². The SMILES string of the molecule is COC(=O)c1ccc(CCN(C)CCCC(C#N)(c2ccc(OC)c(OC)c2)C(C)C)cc1. The van der Waals surface area contributed by atoms with Gasteiger partial charge in [0.2, 0.25) is 0 Å². The van der Waals surface area contributed by atoms with Crippen LogP contribution in [-0.4, -0.2) is 52.3 Å². The topological polar surface area (TPSA) is 71.8 Å². The Morgan fingerprint density at radius 2 is 1.70 bits per heavy atom. The Hall–Kier alpha value is -3.04. The molecule has 6 heteroatoms. The standard InChI is InChI=1S/C27H36N2O4/c1-20(2)27(19-28,23-12-13-24(31-4)25(18-23)32-5)15-7-16-29(3)17-14-21-8-10-22(11-9-21)26(30)33-6/h8-13,18,20H,7,14-17H2,1-6H3. The highest BCUT2D eigenvalue weighted by Crippen LogP contribution is 2.40. The van der Waals surface area contributed by atoms with Crippen molar-refractivity contribution in [3.05, 3.63) is 59.2 Å². The summed E-state index contributed by atoms with van der Waals surface area (Å²) < 4.78 is 15.6. The first-order chi connectivity index (χ1) is 15.8. The molecular weight excluding hydrogens is 416 g/mol. The number of nitriles is 1. The van der Waals surface area contributed by atoms with Crippen LogP contribution in [0, 0.1) is 17.2 Å². The molecular formula is C27H36N2O4. The van der Waals surface area contributed by atoms with Gasteiger partial charge in [-0.1, -0.05) is 32.0 Å². The summed E-state index contributed by atoms with van der Waals surface area (Å²) in [7, 11) is 6.71. The average Bonchev–Trinajstić information content (AvgIpc) is 2.84. The number of nitrogens with zero attached hydrogens (tertiary/aromatic N) is 2. The second-order valence-corrected chi connectivity index (χ2v) is 8.65. The van der Waals surface area contributed by atoms with Crippen LogP contribution < -0.4 is 9.47 Å². The van der Waals surface area contributed by atoms with Crippen LogP contribution >= 0.6 is 0 Å². The van der Waals surface area contributed by atoms with Gasteiger partial charge in [-0.25, -0.2) is 4.79 Å². The molecule has 0 N–H and O–H groups in total. The van der Waals surface area contributed by atoms with Crippen molar-refractivity contribution >= 4 is 5.97 Å². The highest BCUT2D eigenvalue weighted by Gasteiger charge is 2.36. The lowest BCUT2D eigenvalue weighted by Gasteiger charge is -2.32. The number of benzene rings is 2. The zero-order valence-corrected chi connectivity index (χ0v) is 20.7. The summed E-state index contributed by atoms with van der Waals surface area (Å²) in [6.07, 6.45) is 2.55. The number of hydrogen-bond donors (Lipinski definition) is 0. The number of methoxy groups -OCH3 is 3. The van der Waals surface area contributed by atoms with Crippen LogP contribution in [0.3, 0.4) is 0 Å². The molecule has 0 aliphatic carbocycles. The van der Waals surface area contributed by atoms with Crippen molar-refractivity contribution in [1.29, 1.82) is 5.26 Å². The largest absolute Gasteiger partial charge is 0.493 e. The first-order valence-corrected chi connectivity index (χ1v) is 11.3. The Labute approximate surface area is 198 Å². The minimum atomic E-state index is -0.593. The van der Waals surface area contributed by atoms with E-state index in [2.05, 4.69) is 31.9 Å². The van der Waals surface area contributed by atoms with Crippen molar-refractivity contribution in [3.63, 3.8) is 0 Å². The Morgan fingerprint density at radius 1 is 1.03 bits per heavy atom. The molecule has 2 rings (SSSR count). The van der Waals surface area contributed by atoms with Crippen LogP contribution in [0.5, 0.6) is 11.5 Å². The predicted octanol–water partition coefficient (Wildman–Crippen LogP) is 4.86. The highest BCUT2D eigenvalue weighted by atomic mass is 16.5. The molecule has 0 aliphatic heterocycles. The van der Waals surface area contributed by atoms with Crippen molar-refractivity contribution in [2.45, 2.75) is 38.5 Å². The maximum atomic E-state index is 11.6. The summed E-state index contributed by atoms with van der Waals surface area (Å²) in [5.74, 6) is 1.14. The van der Waals surface area contributed by atoms with E-state index < -0.39 is 5.41 Å². The Bertz CT molecular complexity index is 950. The molecule has 2 aromatic carbocycles. The molecule has 0 saturated heterocycles. The summed E-state index contributed by atoms with van der Waals surface area (Å²) in [6.45, 7) is 5.99. The monoisotopic (exact) mass is 452 g/mol. The lowest BCUT2D eigenvalue weighted by Crippen LogP contribution is -2.32. The third-order valence-electron chi connectivity index (χ3n) is 6.35. The van der Waals surface area contributed by atoms with E-state index in [0.717, 1.165) is 37.9 Å². The molecule has 33 heavy (non-hydrogen) atoms. The first kappa shape index (κ1) is 26.2. The molecule has 0 aliphatic rings. The molecule has 0 fully saturated rings. The molecule has 2 aromatic rings.